The number of nitrogens with zero attached hydrogens (tertiary/aromatic N) is 3. The van der Waals surface area contributed by atoms with Gasteiger partial charge in [-0.15, -0.1) is 0 Å². The molecule has 6 heteroatoms. The summed E-state index contributed by atoms with van der Waals surface area (Å²) in [5, 5.41) is 0.470. The summed E-state index contributed by atoms with van der Waals surface area (Å²) in [6, 6.07) is 16.5. The first-order valence-corrected chi connectivity index (χ1v) is 9.47. The van der Waals surface area contributed by atoms with Gasteiger partial charge in [0.15, 0.2) is 0 Å². The molecule has 0 unspecified atom stereocenters. The summed E-state index contributed by atoms with van der Waals surface area (Å²) in [6.45, 7) is 4.40. The molecule has 1 aliphatic heterocycles. The lowest BCUT2D eigenvalue weighted by Crippen LogP contribution is -2.55. The number of rotatable bonds is 4. The van der Waals surface area contributed by atoms with E-state index in [2.05, 4.69) is 4.90 Å². The van der Waals surface area contributed by atoms with Crippen molar-refractivity contribution in [3.63, 3.8) is 0 Å². The van der Waals surface area contributed by atoms with Crippen molar-refractivity contribution in [3.8, 4) is 0 Å². The van der Waals surface area contributed by atoms with E-state index < -0.39 is 0 Å². The van der Waals surface area contributed by atoms with Crippen LogP contribution < -0.4 is 4.90 Å². The first kappa shape index (κ1) is 19.4. The van der Waals surface area contributed by atoms with E-state index in [1.807, 2.05) is 49.4 Å². The highest BCUT2D eigenvalue weighted by atomic mass is 35.5. The molecule has 27 heavy (non-hydrogen) atoms. The van der Waals surface area contributed by atoms with Gasteiger partial charge in [0.1, 0.15) is 0 Å². The van der Waals surface area contributed by atoms with Crippen molar-refractivity contribution in [1.82, 2.24) is 9.80 Å². The van der Waals surface area contributed by atoms with E-state index in [4.69, 9.17) is 11.6 Å². The first-order chi connectivity index (χ1) is 13.0. The Morgan fingerprint density at radius 2 is 1.56 bits per heavy atom. The van der Waals surface area contributed by atoms with Gasteiger partial charge in [-0.2, -0.15) is 0 Å². The molecule has 1 heterocycles. The minimum Gasteiger partial charge on any atom is -0.336 e. The quantitative estimate of drug-likeness (QED) is 0.812. The van der Waals surface area contributed by atoms with Crippen LogP contribution in [-0.4, -0.2) is 60.9 Å². The van der Waals surface area contributed by atoms with Gasteiger partial charge in [0.05, 0.1) is 16.6 Å². The number of carbonyl (C=O) groups excluding carboxylic acids is 2. The number of hydrogen-bond donors (Lipinski definition) is 0. The van der Waals surface area contributed by atoms with Crippen LogP contribution in [0.25, 0.3) is 0 Å². The fourth-order valence-electron chi connectivity index (χ4n) is 3.33. The summed E-state index contributed by atoms with van der Waals surface area (Å²) >= 11 is 6.14. The van der Waals surface area contributed by atoms with Gasteiger partial charge in [0.25, 0.3) is 5.91 Å². The zero-order valence-electron chi connectivity index (χ0n) is 15.6. The minimum absolute atomic E-state index is 0.0482. The number of amides is 2. The second kappa shape index (κ2) is 8.55. The molecular weight excluding hydrogens is 362 g/mol. The fraction of sp³-hybridized carbons (Fsp3) is 0.333. The molecule has 2 amide bonds. The number of piperazine rings is 1. The van der Waals surface area contributed by atoms with Crippen LogP contribution in [0, 0.1) is 0 Å². The highest BCUT2D eigenvalue weighted by molar-refractivity contribution is 6.33. The van der Waals surface area contributed by atoms with Gasteiger partial charge in [0, 0.05) is 38.9 Å². The maximum atomic E-state index is 12.8. The van der Waals surface area contributed by atoms with Crippen molar-refractivity contribution in [2.24, 2.45) is 0 Å². The average molecular weight is 386 g/mol. The van der Waals surface area contributed by atoms with Gasteiger partial charge in [-0.05, 0) is 31.2 Å². The number of carbonyl (C=O) groups is 2. The predicted octanol–water partition coefficient (Wildman–Crippen LogP) is 3.15. The zero-order valence-corrected chi connectivity index (χ0v) is 16.4. The minimum atomic E-state index is -0.243. The third kappa shape index (κ3) is 4.31. The highest BCUT2D eigenvalue weighted by Gasteiger charge is 2.30. The molecule has 0 bridgehead atoms. The molecule has 0 radical (unpaired) electrons. The van der Waals surface area contributed by atoms with Crippen molar-refractivity contribution in [3.05, 3.63) is 65.2 Å². The molecule has 0 saturated carbocycles. The summed E-state index contributed by atoms with van der Waals surface area (Å²) in [7, 11) is 1.80. The molecule has 5 nitrogen and oxygen atoms in total. The first-order valence-electron chi connectivity index (χ1n) is 9.09. The third-order valence-corrected chi connectivity index (χ3v) is 5.41. The summed E-state index contributed by atoms with van der Waals surface area (Å²) < 4.78 is 0. The topological polar surface area (TPSA) is 43.9 Å². The van der Waals surface area contributed by atoms with E-state index >= 15 is 0 Å². The Morgan fingerprint density at radius 3 is 2.19 bits per heavy atom. The number of hydrogen-bond acceptors (Lipinski definition) is 3. The van der Waals surface area contributed by atoms with Crippen LogP contribution in [-0.2, 0) is 4.79 Å². The Morgan fingerprint density at radius 1 is 0.963 bits per heavy atom. The normalized spacial score (nSPS) is 16.0. The zero-order chi connectivity index (χ0) is 19.4. The van der Waals surface area contributed by atoms with Gasteiger partial charge in [-0.1, -0.05) is 41.9 Å². The van der Waals surface area contributed by atoms with Gasteiger partial charge >= 0.3 is 0 Å². The van der Waals surface area contributed by atoms with E-state index in [-0.39, 0.29) is 17.9 Å². The highest BCUT2D eigenvalue weighted by Crippen LogP contribution is 2.19. The molecular formula is C21H24ClN3O2. The third-order valence-electron chi connectivity index (χ3n) is 5.08. The Labute approximate surface area is 165 Å². The number of para-hydroxylation sites is 1. The fourth-order valence-corrected chi connectivity index (χ4v) is 3.55. The van der Waals surface area contributed by atoms with Crippen LogP contribution in [0.15, 0.2) is 54.6 Å². The molecule has 1 saturated heterocycles. The molecule has 3 rings (SSSR count). The molecule has 1 atom stereocenters. The SMILES string of the molecule is C[C@@H](C(=O)N(C)c1ccccc1)N1CCN(C(=O)c2ccccc2Cl)CC1. The Hall–Kier alpha value is -2.37. The van der Waals surface area contributed by atoms with Gasteiger partial charge in [0.2, 0.25) is 5.91 Å². The second-order valence-electron chi connectivity index (χ2n) is 6.72. The summed E-state index contributed by atoms with van der Waals surface area (Å²) in [6.07, 6.45) is 0. The summed E-state index contributed by atoms with van der Waals surface area (Å²) in [5.74, 6) is -0.00675. The molecule has 0 aliphatic carbocycles. The smallest absolute Gasteiger partial charge is 0.255 e. The van der Waals surface area contributed by atoms with Crippen molar-refractivity contribution in [2.75, 3.05) is 38.1 Å². The maximum absolute atomic E-state index is 12.8. The Kier molecular flexibility index (Phi) is 6.14. The average Bonchev–Trinajstić information content (AvgIpc) is 2.73. The van der Waals surface area contributed by atoms with E-state index in [0.717, 1.165) is 5.69 Å². The molecule has 0 N–H and O–H groups in total. The number of benzene rings is 2. The van der Waals surface area contributed by atoms with Crippen molar-refractivity contribution in [1.29, 1.82) is 0 Å². The molecule has 1 aliphatic rings. The van der Waals surface area contributed by atoms with Gasteiger partial charge in [-0.3, -0.25) is 14.5 Å². The predicted molar refractivity (Wildman–Crippen MR) is 108 cm³/mol. The van der Waals surface area contributed by atoms with Crippen LogP contribution in [0.3, 0.4) is 0 Å². The van der Waals surface area contributed by atoms with E-state index in [9.17, 15) is 9.59 Å². The monoisotopic (exact) mass is 385 g/mol. The Bertz CT molecular complexity index is 804. The maximum Gasteiger partial charge on any atom is 0.255 e. The van der Waals surface area contributed by atoms with E-state index in [0.29, 0.717) is 36.8 Å². The number of likely N-dealkylation sites (N-methyl/N-ethyl adjacent to an activating group) is 1. The second-order valence-corrected chi connectivity index (χ2v) is 7.12. The van der Waals surface area contributed by atoms with Crippen molar-refractivity contribution < 1.29 is 9.59 Å². The Balaban J connectivity index is 1.59. The molecule has 1 fully saturated rings. The van der Waals surface area contributed by atoms with Gasteiger partial charge in [-0.25, -0.2) is 0 Å². The lowest BCUT2D eigenvalue weighted by Gasteiger charge is -2.38. The van der Waals surface area contributed by atoms with Crippen LogP contribution in [0.1, 0.15) is 17.3 Å². The molecule has 2 aromatic rings. The molecule has 2 aromatic carbocycles. The van der Waals surface area contributed by atoms with Crippen LogP contribution in [0.4, 0.5) is 5.69 Å². The van der Waals surface area contributed by atoms with E-state index in [1.165, 1.54) is 0 Å². The summed E-state index contributed by atoms with van der Waals surface area (Å²) in [4.78, 5) is 31.1. The van der Waals surface area contributed by atoms with Crippen LogP contribution in [0.5, 0.6) is 0 Å². The standard InChI is InChI=1S/C21H24ClN3O2/c1-16(20(26)23(2)17-8-4-3-5-9-17)24-12-14-25(15-13-24)21(27)18-10-6-7-11-19(18)22/h3-11,16H,12-15H2,1-2H3/t16-/m0/s1. The van der Waals surface area contributed by atoms with Crippen LogP contribution >= 0.6 is 11.6 Å². The largest absolute Gasteiger partial charge is 0.336 e. The number of halogens is 1. The molecule has 142 valence electrons. The molecule has 0 spiro atoms. The lowest BCUT2D eigenvalue weighted by molar-refractivity contribution is -0.123. The van der Waals surface area contributed by atoms with E-state index in [1.54, 1.807) is 29.0 Å². The van der Waals surface area contributed by atoms with Gasteiger partial charge < -0.3 is 9.80 Å². The summed E-state index contributed by atoms with van der Waals surface area (Å²) in [5.41, 5.74) is 1.41. The lowest BCUT2D eigenvalue weighted by atomic mass is 10.1. The van der Waals surface area contributed by atoms with Crippen molar-refractivity contribution >= 4 is 29.1 Å². The van der Waals surface area contributed by atoms with Crippen molar-refractivity contribution in [2.45, 2.75) is 13.0 Å². The molecule has 0 aromatic heterocycles. The number of anilines is 1. The van der Waals surface area contributed by atoms with Crippen LogP contribution in [0.2, 0.25) is 5.02 Å².